The van der Waals surface area contributed by atoms with Crippen LogP contribution in [-0.4, -0.2) is 11.1 Å². The molecule has 13 heavy (non-hydrogen) atoms. The number of hydrogen-bond acceptors (Lipinski definition) is 3. The Balaban J connectivity index is 3.39. The molecule has 0 atom stereocenters. The van der Waals surface area contributed by atoms with Crippen molar-refractivity contribution in [1.29, 1.82) is 5.26 Å². The van der Waals surface area contributed by atoms with E-state index in [2.05, 4.69) is 0 Å². The lowest BCUT2D eigenvalue weighted by atomic mass is 10.0. The van der Waals surface area contributed by atoms with Crippen LogP contribution in [0.4, 0.5) is 5.69 Å². The van der Waals surface area contributed by atoms with E-state index < -0.39 is 5.97 Å². The molecule has 4 heteroatoms. The summed E-state index contributed by atoms with van der Waals surface area (Å²) in [4.78, 5) is 10.6. The molecular formula is C9H8N2O2. The van der Waals surface area contributed by atoms with Crippen molar-refractivity contribution >= 4 is 11.7 Å². The van der Waals surface area contributed by atoms with Gasteiger partial charge >= 0.3 is 5.97 Å². The molecule has 66 valence electrons. The minimum Gasteiger partial charge on any atom is -0.478 e. The summed E-state index contributed by atoms with van der Waals surface area (Å²) in [5.41, 5.74) is 6.62. The number of hydrogen-bond donors (Lipinski definition) is 2. The molecule has 1 aromatic rings. The highest BCUT2D eigenvalue weighted by Gasteiger charge is 2.10. The van der Waals surface area contributed by atoms with Gasteiger partial charge in [0, 0.05) is 5.69 Å². The number of anilines is 1. The summed E-state index contributed by atoms with van der Waals surface area (Å²) in [5, 5.41) is 17.3. The van der Waals surface area contributed by atoms with E-state index in [1.54, 1.807) is 6.92 Å². The summed E-state index contributed by atoms with van der Waals surface area (Å²) in [6, 6.07) is 4.70. The van der Waals surface area contributed by atoms with Crippen molar-refractivity contribution in [3.8, 4) is 6.07 Å². The molecule has 3 N–H and O–H groups in total. The van der Waals surface area contributed by atoms with Crippen LogP contribution < -0.4 is 5.73 Å². The Labute approximate surface area is 75.2 Å². The monoisotopic (exact) mass is 176 g/mol. The van der Waals surface area contributed by atoms with Crippen molar-refractivity contribution in [1.82, 2.24) is 0 Å². The van der Waals surface area contributed by atoms with E-state index in [9.17, 15) is 4.79 Å². The Kier molecular flexibility index (Phi) is 2.20. The largest absolute Gasteiger partial charge is 0.478 e. The molecule has 1 rings (SSSR count). The van der Waals surface area contributed by atoms with Crippen LogP contribution in [0.25, 0.3) is 0 Å². The van der Waals surface area contributed by atoms with E-state index in [1.807, 2.05) is 6.07 Å². The summed E-state index contributed by atoms with van der Waals surface area (Å²) in [5.74, 6) is -1.08. The number of nitrogens with zero attached hydrogens (tertiary/aromatic N) is 1. The number of nitrogens with two attached hydrogens (primary N) is 1. The highest BCUT2D eigenvalue weighted by molar-refractivity contribution is 5.94. The average molecular weight is 176 g/mol. The Bertz CT molecular complexity index is 405. The van der Waals surface area contributed by atoms with Crippen LogP contribution in [0.1, 0.15) is 21.5 Å². The molecule has 0 aliphatic rings. The van der Waals surface area contributed by atoms with Crippen molar-refractivity contribution < 1.29 is 9.90 Å². The first-order valence-electron chi connectivity index (χ1n) is 3.59. The fourth-order valence-electron chi connectivity index (χ4n) is 1.03. The third-order valence-electron chi connectivity index (χ3n) is 1.75. The summed E-state index contributed by atoms with van der Waals surface area (Å²) in [6.07, 6.45) is 0. The molecule has 0 spiro atoms. The average Bonchev–Trinajstić information content (AvgIpc) is 2.07. The zero-order chi connectivity index (χ0) is 10.0. The summed E-state index contributed by atoms with van der Waals surface area (Å²) < 4.78 is 0. The third kappa shape index (κ3) is 1.59. The Morgan fingerprint density at radius 2 is 2.23 bits per heavy atom. The van der Waals surface area contributed by atoms with Crippen molar-refractivity contribution in [2.24, 2.45) is 0 Å². The van der Waals surface area contributed by atoms with E-state index in [1.165, 1.54) is 12.1 Å². The summed E-state index contributed by atoms with van der Waals surface area (Å²) >= 11 is 0. The first kappa shape index (κ1) is 9.07. The van der Waals surface area contributed by atoms with Gasteiger partial charge in [0.05, 0.1) is 17.2 Å². The molecule has 0 saturated carbocycles. The predicted octanol–water partition coefficient (Wildman–Crippen LogP) is 1.15. The number of carbonyl (C=O) groups is 1. The van der Waals surface area contributed by atoms with Crippen molar-refractivity contribution in [3.05, 3.63) is 28.8 Å². The number of aromatic carboxylic acids is 1. The fraction of sp³-hybridized carbons (Fsp3) is 0.111. The van der Waals surface area contributed by atoms with Crippen molar-refractivity contribution in [2.45, 2.75) is 6.92 Å². The van der Waals surface area contributed by atoms with E-state index in [4.69, 9.17) is 16.1 Å². The second-order valence-electron chi connectivity index (χ2n) is 2.67. The van der Waals surface area contributed by atoms with Gasteiger partial charge in [-0.25, -0.2) is 4.79 Å². The van der Waals surface area contributed by atoms with E-state index in [-0.39, 0.29) is 11.3 Å². The van der Waals surface area contributed by atoms with Crippen molar-refractivity contribution in [2.75, 3.05) is 5.73 Å². The lowest BCUT2D eigenvalue weighted by Crippen LogP contribution is -2.03. The molecule has 0 unspecified atom stereocenters. The van der Waals surface area contributed by atoms with Crippen LogP contribution in [0.5, 0.6) is 0 Å². The summed E-state index contributed by atoms with van der Waals surface area (Å²) in [6.45, 7) is 1.67. The van der Waals surface area contributed by atoms with Crippen LogP contribution in [0, 0.1) is 18.3 Å². The number of carboxylic acid groups (broad SMARTS) is 1. The quantitative estimate of drug-likeness (QED) is 0.628. The maximum absolute atomic E-state index is 10.6. The molecule has 0 amide bonds. The van der Waals surface area contributed by atoms with Gasteiger partial charge in [-0.3, -0.25) is 0 Å². The van der Waals surface area contributed by atoms with Crippen LogP contribution in [0.3, 0.4) is 0 Å². The maximum atomic E-state index is 10.6. The number of nitrogen functional groups attached to an aromatic ring is 1. The van der Waals surface area contributed by atoms with Crippen LogP contribution >= 0.6 is 0 Å². The SMILES string of the molecule is Cc1cc(C(=O)O)c(N)cc1C#N. The zero-order valence-corrected chi connectivity index (χ0v) is 7.03. The Morgan fingerprint density at radius 3 is 2.69 bits per heavy atom. The van der Waals surface area contributed by atoms with Gasteiger partial charge in [0.2, 0.25) is 0 Å². The minimum absolute atomic E-state index is 0.0384. The third-order valence-corrected chi connectivity index (χ3v) is 1.75. The number of benzene rings is 1. The van der Waals surface area contributed by atoms with Crippen LogP contribution in [-0.2, 0) is 0 Å². The molecule has 0 aliphatic carbocycles. The molecule has 0 fully saturated rings. The normalized spacial score (nSPS) is 9.23. The first-order chi connectivity index (χ1) is 6.06. The molecule has 0 heterocycles. The number of rotatable bonds is 1. The highest BCUT2D eigenvalue weighted by atomic mass is 16.4. The lowest BCUT2D eigenvalue weighted by Gasteiger charge is -2.03. The molecule has 0 radical (unpaired) electrons. The standard InChI is InChI=1S/C9H8N2O2/c1-5-2-7(9(12)13)8(11)3-6(5)4-10/h2-3H,11H2,1H3,(H,12,13). The number of aryl methyl sites for hydroxylation is 1. The van der Waals surface area contributed by atoms with Gasteiger partial charge in [0.1, 0.15) is 0 Å². The molecule has 1 aromatic carbocycles. The lowest BCUT2D eigenvalue weighted by molar-refractivity contribution is 0.0698. The van der Waals surface area contributed by atoms with Gasteiger partial charge in [-0.05, 0) is 24.6 Å². The first-order valence-corrected chi connectivity index (χ1v) is 3.59. The second kappa shape index (κ2) is 3.15. The van der Waals surface area contributed by atoms with Crippen LogP contribution in [0.2, 0.25) is 0 Å². The smallest absolute Gasteiger partial charge is 0.337 e. The van der Waals surface area contributed by atoms with Crippen LogP contribution in [0.15, 0.2) is 12.1 Å². The fourth-order valence-corrected chi connectivity index (χ4v) is 1.03. The van der Waals surface area contributed by atoms with E-state index in [0.717, 1.165) is 0 Å². The van der Waals surface area contributed by atoms with Crippen molar-refractivity contribution in [3.63, 3.8) is 0 Å². The van der Waals surface area contributed by atoms with Gasteiger partial charge in [-0.1, -0.05) is 0 Å². The van der Waals surface area contributed by atoms with E-state index >= 15 is 0 Å². The van der Waals surface area contributed by atoms with Gasteiger partial charge in [0.15, 0.2) is 0 Å². The van der Waals surface area contributed by atoms with Gasteiger partial charge in [0.25, 0.3) is 0 Å². The topological polar surface area (TPSA) is 87.1 Å². The molecule has 0 aromatic heterocycles. The second-order valence-corrected chi connectivity index (χ2v) is 2.67. The molecule has 0 aliphatic heterocycles. The Morgan fingerprint density at radius 1 is 1.62 bits per heavy atom. The predicted molar refractivity (Wildman–Crippen MR) is 47.3 cm³/mol. The van der Waals surface area contributed by atoms with Gasteiger partial charge in [-0.2, -0.15) is 5.26 Å². The molecular weight excluding hydrogens is 168 g/mol. The number of carboxylic acids is 1. The molecule has 4 nitrogen and oxygen atoms in total. The minimum atomic E-state index is -1.08. The number of nitriles is 1. The maximum Gasteiger partial charge on any atom is 0.337 e. The zero-order valence-electron chi connectivity index (χ0n) is 7.03. The molecule has 0 bridgehead atoms. The Hall–Kier alpha value is -2.02. The van der Waals surface area contributed by atoms with Gasteiger partial charge in [-0.15, -0.1) is 0 Å². The van der Waals surface area contributed by atoms with E-state index in [0.29, 0.717) is 11.1 Å². The molecule has 0 saturated heterocycles. The highest BCUT2D eigenvalue weighted by Crippen LogP contribution is 2.17. The summed E-state index contributed by atoms with van der Waals surface area (Å²) in [7, 11) is 0. The van der Waals surface area contributed by atoms with Gasteiger partial charge < -0.3 is 10.8 Å².